The van der Waals surface area contributed by atoms with E-state index in [0.29, 0.717) is 23.3 Å². The lowest BCUT2D eigenvalue weighted by Crippen LogP contribution is -2.01. The van der Waals surface area contributed by atoms with Gasteiger partial charge in [0.05, 0.1) is 13.7 Å². The third-order valence-electron chi connectivity index (χ3n) is 2.53. The molecule has 0 spiro atoms. The first-order valence-electron chi connectivity index (χ1n) is 5.04. The fraction of sp³-hybridized carbons (Fsp3) is 0.417. The smallest absolute Gasteiger partial charge is 0.235 e. The molecule has 1 rings (SSSR count). The third kappa shape index (κ3) is 2.28. The zero-order valence-corrected chi connectivity index (χ0v) is 9.63. The van der Waals surface area contributed by atoms with Crippen molar-refractivity contribution >= 4 is 6.08 Å². The maximum absolute atomic E-state index is 13.6. The lowest BCUT2D eigenvalue weighted by Gasteiger charge is -2.14. The van der Waals surface area contributed by atoms with Gasteiger partial charge in [0.15, 0.2) is 0 Å². The molecule has 0 fully saturated rings. The van der Waals surface area contributed by atoms with Gasteiger partial charge in [-0.05, 0) is 30.5 Å². The fourth-order valence-electron chi connectivity index (χ4n) is 1.75. The molecule has 0 aromatic heterocycles. The van der Waals surface area contributed by atoms with Crippen molar-refractivity contribution in [3.63, 3.8) is 0 Å². The molecule has 0 heterocycles. The summed E-state index contributed by atoms with van der Waals surface area (Å²) >= 11 is 0. The monoisotopic (exact) mass is 223 g/mol. The van der Waals surface area contributed by atoms with Crippen LogP contribution in [0.2, 0.25) is 0 Å². The molecule has 0 radical (unpaired) electrons. The van der Waals surface area contributed by atoms with Crippen molar-refractivity contribution in [2.75, 3.05) is 7.11 Å². The molecule has 0 bridgehead atoms. The number of methoxy groups -OCH3 is 1. The van der Waals surface area contributed by atoms with Crippen molar-refractivity contribution in [1.29, 1.82) is 0 Å². The Labute approximate surface area is 94.0 Å². The van der Waals surface area contributed by atoms with E-state index in [2.05, 4.69) is 4.99 Å². The molecule has 0 atom stereocenters. The second-order valence-corrected chi connectivity index (χ2v) is 3.42. The van der Waals surface area contributed by atoms with Crippen LogP contribution < -0.4 is 4.74 Å². The molecular weight excluding hydrogens is 209 g/mol. The zero-order valence-electron chi connectivity index (χ0n) is 9.63. The van der Waals surface area contributed by atoms with Crippen molar-refractivity contribution in [2.24, 2.45) is 4.99 Å². The topological polar surface area (TPSA) is 38.7 Å². The quantitative estimate of drug-likeness (QED) is 0.581. The second kappa shape index (κ2) is 5.42. The Hall–Kier alpha value is -1.67. The molecule has 1 aromatic rings. The molecular formula is C12H14FNO2. The molecule has 0 amide bonds. The molecule has 16 heavy (non-hydrogen) atoms. The lowest BCUT2D eigenvalue weighted by atomic mass is 10.00. The van der Waals surface area contributed by atoms with Crippen LogP contribution in [-0.4, -0.2) is 13.2 Å². The van der Waals surface area contributed by atoms with Gasteiger partial charge >= 0.3 is 0 Å². The van der Waals surface area contributed by atoms with E-state index < -0.39 is 0 Å². The first-order valence-corrected chi connectivity index (χ1v) is 5.04. The van der Waals surface area contributed by atoms with Gasteiger partial charge < -0.3 is 4.74 Å². The van der Waals surface area contributed by atoms with Crippen LogP contribution in [0.1, 0.15) is 23.6 Å². The van der Waals surface area contributed by atoms with Gasteiger partial charge in [-0.1, -0.05) is 6.92 Å². The molecule has 0 saturated heterocycles. The first-order chi connectivity index (χ1) is 7.65. The van der Waals surface area contributed by atoms with Crippen molar-refractivity contribution in [3.05, 3.63) is 28.6 Å². The van der Waals surface area contributed by atoms with E-state index in [0.717, 1.165) is 5.56 Å². The summed E-state index contributed by atoms with van der Waals surface area (Å²) in [6.45, 7) is 3.75. The van der Waals surface area contributed by atoms with Crippen molar-refractivity contribution in [2.45, 2.75) is 26.8 Å². The minimum atomic E-state index is -0.342. The minimum absolute atomic E-state index is 0.139. The Morgan fingerprint density at radius 3 is 2.75 bits per heavy atom. The maximum Gasteiger partial charge on any atom is 0.235 e. The Bertz CT molecular complexity index is 437. The van der Waals surface area contributed by atoms with Crippen LogP contribution in [0.15, 0.2) is 11.1 Å². The summed E-state index contributed by atoms with van der Waals surface area (Å²) in [6, 6.07) is 1.40. The molecule has 86 valence electrons. The van der Waals surface area contributed by atoms with E-state index in [1.807, 2.05) is 6.92 Å². The largest absolute Gasteiger partial charge is 0.496 e. The number of benzene rings is 1. The highest BCUT2D eigenvalue weighted by molar-refractivity contribution is 5.47. The van der Waals surface area contributed by atoms with E-state index in [4.69, 9.17) is 4.74 Å². The number of aliphatic imine (C=N–C) groups is 1. The molecule has 4 heteroatoms. The number of hydrogen-bond donors (Lipinski definition) is 0. The highest BCUT2D eigenvalue weighted by atomic mass is 19.1. The zero-order chi connectivity index (χ0) is 12.1. The number of ether oxygens (including phenoxy) is 1. The van der Waals surface area contributed by atoms with Gasteiger partial charge in [0.2, 0.25) is 6.08 Å². The summed E-state index contributed by atoms with van der Waals surface area (Å²) in [5.41, 5.74) is 2.05. The van der Waals surface area contributed by atoms with Crippen molar-refractivity contribution in [1.82, 2.24) is 0 Å². The number of nitrogens with zero attached hydrogens (tertiary/aromatic N) is 1. The number of isocyanates is 1. The molecule has 0 aliphatic rings. The summed E-state index contributed by atoms with van der Waals surface area (Å²) in [6.07, 6.45) is 2.15. The summed E-state index contributed by atoms with van der Waals surface area (Å²) in [5, 5.41) is 0. The summed E-state index contributed by atoms with van der Waals surface area (Å²) in [5.74, 6) is 0.198. The predicted octanol–water partition coefficient (Wildman–Crippen LogP) is 2.54. The minimum Gasteiger partial charge on any atom is -0.496 e. The van der Waals surface area contributed by atoms with Gasteiger partial charge in [-0.25, -0.2) is 14.2 Å². The van der Waals surface area contributed by atoms with Gasteiger partial charge in [-0.3, -0.25) is 0 Å². The van der Waals surface area contributed by atoms with E-state index in [9.17, 15) is 9.18 Å². The van der Waals surface area contributed by atoms with Crippen LogP contribution >= 0.6 is 0 Å². The Balaban J connectivity index is 3.36. The average Bonchev–Trinajstić information content (AvgIpc) is 2.29. The number of hydrogen-bond acceptors (Lipinski definition) is 3. The van der Waals surface area contributed by atoms with Crippen LogP contribution in [0, 0.1) is 12.7 Å². The van der Waals surface area contributed by atoms with Crippen LogP contribution in [0.3, 0.4) is 0 Å². The van der Waals surface area contributed by atoms with Gasteiger partial charge in [-0.2, -0.15) is 0 Å². The summed E-state index contributed by atoms with van der Waals surface area (Å²) in [4.78, 5) is 13.5. The van der Waals surface area contributed by atoms with Crippen molar-refractivity contribution in [3.8, 4) is 5.75 Å². The Kier molecular flexibility index (Phi) is 4.20. The van der Waals surface area contributed by atoms with Crippen LogP contribution in [0.25, 0.3) is 0 Å². The van der Waals surface area contributed by atoms with Crippen LogP contribution in [0.4, 0.5) is 4.39 Å². The lowest BCUT2D eigenvalue weighted by molar-refractivity contribution is 0.401. The number of rotatable bonds is 4. The maximum atomic E-state index is 13.6. The fourth-order valence-corrected chi connectivity index (χ4v) is 1.75. The molecule has 0 unspecified atom stereocenters. The van der Waals surface area contributed by atoms with Gasteiger partial charge in [-0.15, -0.1) is 0 Å². The average molecular weight is 223 g/mol. The summed E-state index contributed by atoms with van der Waals surface area (Å²) in [7, 11) is 1.51. The third-order valence-corrected chi connectivity index (χ3v) is 2.53. The number of carbonyl (C=O) groups excluding carboxylic acids is 1. The molecule has 0 aliphatic carbocycles. The molecule has 0 aliphatic heterocycles. The van der Waals surface area contributed by atoms with Crippen molar-refractivity contribution < 1.29 is 13.9 Å². The van der Waals surface area contributed by atoms with Gasteiger partial charge in [0.25, 0.3) is 0 Å². The van der Waals surface area contributed by atoms with Crippen LogP contribution in [0.5, 0.6) is 5.75 Å². The van der Waals surface area contributed by atoms with Crippen LogP contribution in [-0.2, 0) is 17.8 Å². The SMILES string of the molecule is CCc1c(CN=C=O)cc(F)c(C)c1OC. The van der Waals surface area contributed by atoms with Gasteiger partial charge in [0.1, 0.15) is 11.6 Å². The Morgan fingerprint density at radius 1 is 1.56 bits per heavy atom. The predicted molar refractivity (Wildman–Crippen MR) is 58.9 cm³/mol. The Morgan fingerprint density at radius 2 is 2.25 bits per heavy atom. The second-order valence-electron chi connectivity index (χ2n) is 3.42. The van der Waals surface area contributed by atoms with E-state index in [1.165, 1.54) is 19.3 Å². The van der Waals surface area contributed by atoms with E-state index in [-0.39, 0.29) is 12.4 Å². The van der Waals surface area contributed by atoms with E-state index >= 15 is 0 Å². The highest BCUT2D eigenvalue weighted by Crippen LogP contribution is 2.30. The standard InChI is InChI=1S/C12H14FNO2/c1-4-10-9(6-14-7-15)5-11(13)8(2)12(10)16-3/h5H,4,6H2,1-3H3. The summed E-state index contributed by atoms with van der Waals surface area (Å²) < 4.78 is 18.7. The number of halogens is 1. The van der Waals surface area contributed by atoms with Gasteiger partial charge in [0, 0.05) is 5.56 Å². The highest BCUT2D eigenvalue weighted by Gasteiger charge is 2.14. The molecule has 0 saturated carbocycles. The molecule has 0 N–H and O–H groups in total. The molecule has 3 nitrogen and oxygen atoms in total. The normalized spacial score (nSPS) is 9.75. The van der Waals surface area contributed by atoms with E-state index in [1.54, 1.807) is 6.92 Å². The first kappa shape index (κ1) is 12.4. The molecule has 1 aromatic carbocycles.